The molecule has 0 bridgehead atoms. The Kier molecular flexibility index (Phi) is 5.71. The van der Waals surface area contributed by atoms with Crippen LogP contribution in [0.25, 0.3) is 0 Å². The first-order chi connectivity index (χ1) is 8.54. The number of rotatable bonds is 7. The Labute approximate surface area is 109 Å². The van der Waals surface area contributed by atoms with E-state index in [9.17, 15) is 0 Å². The van der Waals surface area contributed by atoms with Crippen LogP contribution in [0.15, 0.2) is 12.1 Å². The number of methoxy groups -OCH3 is 1. The molecule has 1 heterocycles. The van der Waals surface area contributed by atoms with Crippen molar-refractivity contribution in [3.63, 3.8) is 0 Å². The molecular formula is C13H23N3O2. The Balaban J connectivity index is 2.70. The van der Waals surface area contributed by atoms with E-state index in [0.717, 1.165) is 25.4 Å². The molecule has 0 aromatic carbocycles. The van der Waals surface area contributed by atoms with E-state index in [2.05, 4.69) is 9.88 Å². The molecule has 1 aromatic heterocycles. The lowest BCUT2D eigenvalue weighted by atomic mass is 10.3. The molecule has 0 aliphatic heterocycles. The standard InChI is InChI=1S/C13H23N3O2/c1-10(2)18-13-11(14)6-7-12(15-13)16(3)8-5-9-17-4/h6-7,10H,5,8-9,14H2,1-4H3. The quantitative estimate of drug-likeness (QED) is 0.752. The number of anilines is 2. The first-order valence-electron chi connectivity index (χ1n) is 6.18. The average molecular weight is 253 g/mol. The highest BCUT2D eigenvalue weighted by atomic mass is 16.5. The Morgan fingerprint density at radius 3 is 2.72 bits per heavy atom. The maximum absolute atomic E-state index is 5.83. The minimum Gasteiger partial charge on any atom is -0.473 e. The number of aromatic nitrogens is 1. The second kappa shape index (κ2) is 7.06. The van der Waals surface area contributed by atoms with Gasteiger partial charge in [-0.05, 0) is 32.4 Å². The van der Waals surface area contributed by atoms with Gasteiger partial charge in [0.1, 0.15) is 5.82 Å². The van der Waals surface area contributed by atoms with Gasteiger partial charge in [-0.15, -0.1) is 0 Å². The molecule has 5 heteroatoms. The molecule has 0 radical (unpaired) electrons. The fraction of sp³-hybridized carbons (Fsp3) is 0.615. The molecule has 0 aliphatic carbocycles. The van der Waals surface area contributed by atoms with Crippen LogP contribution in [0.1, 0.15) is 20.3 Å². The van der Waals surface area contributed by atoms with Crippen molar-refractivity contribution in [1.82, 2.24) is 4.98 Å². The zero-order chi connectivity index (χ0) is 13.5. The Hall–Kier alpha value is -1.49. The molecule has 0 amide bonds. The van der Waals surface area contributed by atoms with Crippen molar-refractivity contribution in [1.29, 1.82) is 0 Å². The van der Waals surface area contributed by atoms with E-state index in [1.165, 1.54) is 0 Å². The summed E-state index contributed by atoms with van der Waals surface area (Å²) in [6.07, 6.45) is 1.02. The van der Waals surface area contributed by atoms with Crippen LogP contribution in [0.3, 0.4) is 0 Å². The fourth-order valence-corrected chi connectivity index (χ4v) is 1.53. The Morgan fingerprint density at radius 1 is 1.39 bits per heavy atom. The number of nitrogens with two attached hydrogens (primary N) is 1. The molecule has 102 valence electrons. The second-order valence-corrected chi connectivity index (χ2v) is 4.50. The summed E-state index contributed by atoms with van der Waals surface area (Å²) in [5.74, 6) is 1.36. The maximum Gasteiger partial charge on any atom is 0.239 e. The van der Waals surface area contributed by atoms with Crippen LogP contribution in [0, 0.1) is 0 Å². The summed E-state index contributed by atoms with van der Waals surface area (Å²) in [6, 6.07) is 3.72. The van der Waals surface area contributed by atoms with Crippen LogP contribution >= 0.6 is 0 Å². The van der Waals surface area contributed by atoms with E-state index >= 15 is 0 Å². The summed E-state index contributed by atoms with van der Waals surface area (Å²) in [5, 5.41) is 0. The van der Waals surface area contributed by atoms with Crippen LogP contribution in [0.5, 0.6) is 5.88 Å². The topological polar surface area (TPSA) is 60.6 Å². The van der Waals surface area contributed by atoms with Gasteiger partial charge in [0.15, 0.2) is 0 Å². The SMILES string of the molecule is COCCCN(C)c1ccc(N)c(OC(C)C)n1. The Morgan fingerprint density at radius 2 is 2.11 bits per heavy atom. The second-order valence-electron chi connectivity index (χ2n) is 4.50. The summed E-state index contributed by atoms with van der Waals surface area (Å²) in [4.78, 5) is 6.49. The van der Waals surface area contributed by atoms with Crippen LogP contribution in [-0.2, 0) is 4.74 Å². The minimum atomic E-state index is 0.0637. The monoisotopic (exact) mass is 253 g/mol. The van der Waals surface area contributed by atoms with Crippen molar-refractivity contribution in [3.8, 4) is 5.88 Å². The van der Waals surface area contributed by atoms with Gasteiger partial charge in [0, 0.05) is 27.3 Å². The normalized spacial score (nSPS) is 10.7. The van der Waals surface area contributed by atoms with E-state index in [1.807, 2.05) is 33.0 Å². The van der Waals surface area contributed by atoms with E-state index in [-0.39, 0.29) is 6.10 Å². The minimum absolute atomic E-state index is 0.0637. The first-order valence-corrected chi connectivity index (χ1v) is 6.18. The summed E-state index contributed by atoms with van der Waals surface area (Å²) in [7, 11) is 3.70. The molecule has 1 aromatic rings. The van der Waals surface area contributed by atoms with Crippen molar-refractivity contribution in [3.05, 3.63) is 12.1 Å². The first kappa shape index (κ1) is 14.6. The van der Waals surface area contributed by atoms with Crippen molar-refractivity contribution in [2.24, 2.45) is 0 Å². The highest BCUT2D eigenvalue weighted by molar-refractivity contribution is 5.54. The fourth-order valence-electron chi connectivity index (χ4n) is 1.53. The van der Waals surface area contributed by atoms with Crippen molar-refractivity contribution >= 4 is 11.5 Å². The summed E-state index contributed by atoms with van der Waals surface area (Å²) in [6.45, 7) is 5.53. The lowest BCUT2D eigenvalue weighted by molar-refractivity contribution is 0.196. The van der Waals surface area contributed by atoms with Gasteiger partial charge in [0.05, 0.1) is 11.8 Å². The molecule has 0 fully saturated rings. The summed E-state index contributed by atoms with van der Waals surface area (Å²) >= 11 is 0. The molecule has 1 rings (SSSR count). The van der Waals surface area contributed by atoms with Crippen LogP contribution in [0.4, 0.5) is 11.5 Å². The lowest BCUT2D eigenvalue weighted by Crippen LogP contribution is -2.21. The van der Waals surface area contributed by atoms with Gasteiger partial charge in [-0.1, -0.05) is 0 Å². The number of hydrogen-bond acceptors (Lipinski definition) is 5. The predicted octanol–water partition coefficient (Wildman–Crippen LogP) is 1.92. The number of ether oxygens (including phenoxy) is 2. The average Bonchev–Trinajstić information content (AvgIpc) is 2.31. The van der Waals surface area contributed by atoms with Crippen LogP contribution in [0.2, 0.25) is 0 Å². The van der Waals surface area contributed by atoms with Gasteiger partial charge in [-0.3, -0.25) is 0 Å². The summed E-state index contributed by atoms with van der Waals surface area (Å²) in [5.41, 5.74) is 6.40. The van der Waals surface area contributed by atoms with E-state index in [1.54, 1.807) is 7.11 Å². The van der Waals surface area contributed by atoms with Gasteiger partial charge in [-0.2, -0.15) is 4.98 Å². The number of hydrogen-bond donors (Lipinski definition) is 1. The highest BCUT2D eigenvalue weighted by Crippen LogP contribution is 2.23. The van der Waals surface area contributed by atoms with Gasteiger partial charge in [-0.25, -0.2) is 0 Å². The highest BCUT2D eigenvalue weighted by Gasteiger charge is 2.09. The molecule has 5 nitrogen and oxygen atoms in total. The Bertz CT molecular complexity index is 369. The molecule has 0 aliphatic rings. The molecule has 0 spiro atoms. The molecule has 0 unspecified atom stereocenters. The molecule has 0 saturated heterocycles. The molecule has 2 N–H and O–H groups in total. The number of pyridine rings is 1. The third-order valence-corrected chi connectivity index (χ3v) is 2.46. The van der Waals surface area contributed by atoms with Crippen molar-refractivity contribution in [2.75, 3.05) is 37.9 Å². The third kappa shape index (κ3) is 4.41. The lowest BCUT2D eigenvalue weighted by Gasteiger charge is -2.20. The van der Waals surface area contributed by atoms with E-state index < -0.39 is 0 Å². The number of nitrogens with zero attached hydrogens (tertiary/aromatic N) is 2. The maximum atomic E-state index is 5.83. The van der Waals surface area contributed by atoms with E-state index in [0.29, 0.717) is 11.6 Å². The zero-order valence-corrected chi connectivity index (χ0v) is 11.6. The van der Waals surface area contributed by atoms with Gasteiger partial charge in [0.25, 0.3) is 0 Å². The molecular weight excluding hydrogens is 230 g/mol. The van der Waals surface area contributed by atoms with Crippen LogP contribution < -0.4 is 15.4 Å². The smallest absolute Gasteiger partial charge is 0.239 e. The molecule has 0 saturated carbocycles. The predicted molar refractivity (Wildman–Crippen MR) is 74.2 cm³/mol. The molecule has 18 heavy (non-hydrogen) atoms. The van der Waals surface area contributed by atoms with Gasteiger partial charge in [0.2, 0.25) is 5.88 Å². The van der Waals surface area contributed by atoms with Crippen molar-refractivity contribution in [2.45, 2.75) is 26.4 Å². The summed E-state index contributed by atoms with van der Waals surface area (Å²) < 4.78 is 10.6. The third-order valence-electron chi connectivity index (χ3n) is 2.46. The number of nitrogen functional groups attached to an aromatic ring is 1. The molecule has 0 atom stereocenters. The van der Waals surface area contributed by atoms with Gasteiger partial charge < -0.3 is 20.1 Å². The van der Waals surface area contributed by atoms with Crippen molar-refractivity contribution < 1.29 is 9.47 Å². The largest absolute Gasteiger partial charge is 0.473 e. The van der Waals surface area contributed by atoms with Gasteiger partial charge >= 0.3 is 0 Å². The zero-order valence-electron chi connectivity index (χ0n) is 11.6. The van der Waals surface area contributed by atoms with E-state index in [4.69, 9.17) is 15.2 Å². The van der Waals surface area contributed by atoms with Crippen LogP contribution in [-0.4, -0.2) is 38.4 Å².